The summed E-state index contributed by atoms with van der Waals surface area (Å²) in [7, 11) is 0. The van der Waals surface area contributed by atoms with Crippen LogP contribution in [0.3, 0.4) is 0 Å². The van der Waals surface area contributed by atoms with Crippen molar-refractivity contribution in [1.82, 2.24) is 0 Å². The van der Waals surface area contributed by atoms with Crippen LogP contribution in [-0.4, -0.2) is 0 Å². The van der Waals surface area contributed by atoms with E-state index < -0.39 is 0 Å². The molecule has 0 N–H and O–H groups in total. The largest absolute Gasteiger partial charge is 0.0859 e. The van der Waals surface area contributed by atoms with Crippen LogP contribution >= 0.6 is 0 Å². The van der Waals surface area contributed by atoms with Crippen molar-refractivity contribution < 1.29 is 0 Å². The molecule has 0 heterocycles. The predicted octanol–water partition coefficient (Wildman–Crippen LogP) is 5.12. The highest BCUT2D eigenvalue weighted by atomic mass is 14.2. The van der Waals surface area contributed by atoms with Gasteiger partial charge in [-0.05, 0) is 64.7 Å². The molecular weight excluding hydrogens is 180 g/mol. The molecule has 0 saturated carbocycles. The summed E-state index contributed by atoms with van der Waals surface area (Å²) in [4.78, 5) is 0. The molecule has 1 aliphatic carbocycles. The minimum Gasteiger partial charge on any atom is -0.0859 e. The average Bonchev–Trinajstić information content (AvgIpc) is 2.18. The molecule has 0 spiro atoms. The summed E-state index contributed by atoms with van der Waals surface area (Å²) in [5.41, 5.74) is 3.06. The van der Waals surface area contributed by atoms with Gasteiger partial charge >= 0.3 is 0 Å². The van der Waals surface area contributed by atoms with E-state index in [-0.39, 0.29) is 0 Å². The first-order valence-corrected chi connectivity index (χ1v) is 6.38. The summed E-state index contributed by atoms with van der Waals surface area (Å²) in [6, 6.07) is 0. The first-order chi connectivity index (χ1) is 7.09. The van der Waals surface area contributed by atoms with E-state index in [2.05, 4.69) is 39.8 Å². The lowest BCUT2D eigenvalue weighted by atomic mass is 9.80. The van der Waals surface area contributed by atoms with Gasteiger partial charge in [0.05, 0.1) is 0 Å². The van der Waals surface area contributed by atoms with Gasteiger partial charge in [0.1, 0.15) is 0 Å². The van der Waals surface area contributed by atoms with Crippen LogP contribution in [0, 0.1) is 11.8 Å². The van der Waals surface area contributed by atoms with Gasteiger partial charge in [0, 0.05) is 0 Å². The van der Waals surface area contributed by atoms with E-state index in [1.165, 1.54) is 37.7 Å². The maximum Gasteiger partial charge on any atom is -0.0317 e. The Kier molecular flexibility index (Phi) is 5.14. The summed E-state index contributed by atoms with van der Waals surface area (Å²) >= 11 is 0. The van der Waals surface area contributed by atoms with Gasteiger partial charge in [0.2, 0.25) is 0 Å². The molecule has 0 aromatic carbocycles. The molecule has 0 aliphatic heterocycles. The standard InChI is InChI=1S/C15H26/c1-12(2)6-5-7-14(4)15-10-8-13(3)9-11-15/h6,8,14-15H,5,7,9-11H2,1-4H3. The van der Waals surface area contributed by atoms with Crippen LogP contribution in [0.2, 0.25) is 0 Å². The Bertz CT molecular complexity index is 241. The molecule has 2 unspecified atom stereocenters. The van der Waals surface area contributed by atoms with Crippen molar-refractivity contribution in [3.63, 3.8) is 0 Å². The smallest absolute Gasteiger partial charge is 0.0317 e. The molecule has 0 radical (unpaired) electrons. The van der Waals surface area contributed by atoms with Crippen LogP contribution in [0.15, 0.2) is 23.3 Å². The van der Waals surface area contributed by atoms with Gasteiger partial charge in [-0.25, -0.2) is 0 Å². The van der Waals surface area contributed by atoms with Gasteiger partial charge in [-0.2, -0.15) is 0 Å². The zero-order valence-electron chi connectivity index (χ0n) is 10.8. The maximum absolute atomic E-state index is 2.45. The predicted molar refractivity (Wildman–Crippen MR) is 68.9 cm³/mol. The molecule has 0 aromatic heterocycles. The number of hydrogen-bond donors (Lipinski definition) is 0. The van der Waals surface area contributed by atoms with Gasteiger partial charge < -0.3 is 0 Å². The second-order valence-electron chi connectivity index (χ2n) is 5.42. The van der Waals surface area contributed by atoms with E-state index in [0.717, 1.165) is 11.8 Å². The topological polar surface area (TPSA) is 0 Å². The minimum atomic E-state index is 0.893. The van der Waals surface area contributed by atoms with Gasteiger partial charge in [-0.15, -0.1) is 0 Å². The molecule has 0 heteroatoms. The molecule has 0 bridgehead atoms. The SMILES string of the molecule is CC(C)=CCCC(C)C1CC=C(C)CC1. The molecule has 0 fully saturated rings. The van der Waals surface area contributed by atoms with E-state index in [0.29, 0.717) is 0 Å². The van der Waals surface area contributed by atoms with Crippen LogP contribution in [0.25, 0.3) is 0 Å². The van der Waals surface area contributed by atoms with Gasteiger partial charge in [0.15, 0.2) is 0 Å². The van der Waals surface area contributed by atoms with Crippen molar-refractivity contribution in [2.45, 2.75) is 59.8 Å². The monoisotopic (exact) mass is 206 g/mol. The second-order valence-corrected chi connectivity index (χ2v) is 5.42. The van der Waals surface area contributed by atoms with Crippen molar-refractivity contribution in [1.29, 1.82) is 0 Å². The van der Waals surface area contributed by atoms with Crippen molar-refractivity contribution in [3.05, 3.63) is 23.3 Å². The van der Waals surface area contributed by atoms with Gasteiger partial charge in [-0.3, -0.25) is 0 Å². The number of allylic oxidation sites excluding steroid dienone is 4. The van der Waals surface area contributed by atoms with Gasteiger partial charge in [-0.1, -0.05) is 30.2 Å². The highest BCUT2D eigenvalue weighted by Crippen LogP contribution is 2.31. The van der Waals surface area contributed by atoms with E-state index in [1.807, 2.05) is 0 Å². The molecule has 0 amide bonds. The Morgan fingerprint density at radius 1 is 1.53 bits per heavy atom. The lowest BCUT2D eigenvalue weighted by Crippen LogP contribution is -2.14. The van der Waals surface area contributed by atoms with Crippen molar-refractivity contribution >= 4 is 0 Å². The maximum atomic E-state index is 2.45. The summed E-state index contributed by atoms with van der Waals surface area (Å²) in [6.07, 6.45) is 11.5. The fraction of sp³-hybridized carbons (Fsp3) is 0.733. The lowest BCUT2D eigenvalue weighted by molar-refractivity contribution is 0.312. The van der Waals surface area contributed by atoms with Crippen LogP contribution < -0.4 is 0 Å². The van der Waals surface area contributed by atoms with E-state index in [9.17, 15) is 0 Å². The third-order valence-electron chi connectivity index (χ3n) is 3.66. The molecule has 0 nitrogen and oxygen atoms in total. The Labute approximate surface area is 95.5 Å². The fourth-order valence-corrected chi connectivity index (χ4v) is 2.37. The molecule has 1 rings (SSSR count). The van der Waals surface area contributed by atoms with Crippen LogP contribution in [-0.2, 0) is 0 Å². The number of rotatable bonds is 4. The van der Waals surface area contributed by atoms with Crippen molar-refractivity contribution in [2.75, 3.05) is 0 Å². The molecule has 0 saturated heterocycles. The molecule has 15 heavy (non-hydrogen) atoms. The lowest BCUT2D eigenvalue weighted by Gasteiger charge is -2.26. The first-order valence-electron chi connectivity index (χ1n) is 6.38. The Hall–Kier alpha value is -0.520. The summed E-state index contributed by atoms with van der Waals surface area (Å²) in [6.45, 7) is 9.08. The molecule has 0 aromatic rings. The quantitative estimate of drug-likeness (QED) is 0.560. The van der Waals surface area contributed by atoms with Gasteiger partial charge in [0.25, 0.3) is 0 Å². The average molecular weight is 206 g/mol. The molecule has 2 atom stereocenters. The summed E-state index contributed by atoms with van der Waals surface area (Å²) < 4.78 is 0. The van der Waals surface area contributed by atoms with Crippen LogP contribution in [0.5, 0.6) is 0 Å². The number of hydrogen-bond acceptors (Lipinski definition) is 0. The Morgan fingerprint density at radius 2 is 2.27 bits per heavy atom. The van der Waals surface area contributed by atoms with E-state index in [1.54, 1.807) is 5.57 Å². The summed E-state index contributed by atoms with van der Waals surface area (Å²) in [5.74, 6) is 1.84. The Balaban J connectivity index is 2.29. The third kappa shape index (κ3) is 4.68. The zero-order chi connectivity index (χ0) is 11.3. The second kappa shape index (κ2) is 6.15. The van der Waals surface area contributed by atoms with Crippen molar-refractivity contribution in [2.24, 2.45) is 11.8 Å². The normalized spacial score (nSPS) is 23.2. The Morgan fingerprint density at radius 3 is 2.80 bits per heavy atom. The molecule has 86 valence electrons. The van der Waals surface area contributed by atoms with E-state index >= 15 is 0 Å². The highest BCUT2D eigenvalue weighted by Gasteiger charge is 2.18. The van der Waals surface area contributed by atoms with Crippen molar-refractivity contribution in [3.8, 4) is 0 Å². The summed E-state index contributed by atoms with van der Waals surface area (Å²) in [5, 5.41) is 0. The van der Waals surface area contributed by atoms with E-state index in [4.69, 9.17) is 0 Å². The minimum absolute atomic E-state index is 0.893. The highest BCUT2D eigenvalue weighted by molar-refractivity contribution is 5.03. The van der Waals surface area contributed by atoms with Crippen LogP contribution in [0.4, 0.5) is 0 Å². The first kappa shape index (κ1) is 12.5. The van der Waals surface area contributed by atoms with Crippen LogP contribution in [0.1, 0.15) is 59.8 Å². The third-order valence-corrected chi connectivity index (χ3v) is 3.66. The molecule has 1 aliphatic rings. The zero-order valence-corrected chi connectivity index (χ0v) is 10.8. The molecular formula is C15H26. The fourth-order valence-electron chi connectivity index (χ4n) is 2.37.